The number of ether oxygens (including phenoxy) is 2. The molecule has 2 aliphatic rings. The van der Waals surface area contributed by atoms with Crippen LogP contribution >= 0.6 is 0 Å². The fourth-order valence-electron chi connectivity index (χ4n) is 4.80. The fraction of sp³-hybridized carbons (Fsp3) is 0.583. The molecule has 6 nitrogen and oxygen atoms in total. The van der Waals surface area contributed by atoms with Crippen LogP contribution in [0.5, 0.6) is 5.75 Å². The van der Waals surface area contributed by atoms with Crippen molar-refractivity contribution in [2.75, 3.05) is 38.3 Å². The highest BCUT2D eigenvalue weighted by Crippen LogP contribution is 2.49. The molecule has 2 heterocycles. The zero-order valence-corrected chi connectivity index (χ0v) is 18.5. The molecular weight excluding hydrogens is 416 g/mol. The molecule has 0 spiro atoms. The second-order valence-corrected chi connectivity index (χ2v) is 8.78. The van der Waals surface area contributed by atoms with Crippen molar-refractivity contribution in [1.29, 1.82) is 0 Å². The number of aliphatic hydroxyl groups is 1. The summed E-state index contributed by atoms with van der Waals surface area (Å²) in [6, 6.07) is 2.41. The number of aromatic nitrogens is 2. The van der Waals surface area contributed by atoms with Gasteiger partial charge in [0.25, 0.3) is 0 Å². The number of anilines is 1. The minimum atomic E-state index is -0.664. The van der Waals surface area contributed by atoms with Gasteiger partial charge in [-0.25, -0.2) is 18.7 Å². The van der Waals surface area contributed by atoms with E-state index in [4.69, 9.17) is 14.6 Å². The Morgan fingerprint density at radius 1 is 1.12 bits per heavy atom. The highest BCUT2D eigenvalue weighted by molar-refractivity contribution is 5.31. The van der Waals surface area contributed by atoms with Crippen molar-refractivity contribution < 1.29 is 23.4 Å². The lowest BCUT2D eigenvalue weighted by Gasteiger charge is -2.32. The summed E-state index contributed by atoms with van der Waals surface area (Å²) in [6.07, 6.45) is 7.98. The first-order chi connectivity index (χ1) is 15.6. The number of hydrogen-bond donors (Lipinski definition) is 1. The summed E-state index contributed by atoms with van der Waals surface area (Å²) >= 11 is 0. The normalized spacial score (nSPS) is 21.1. The van der Waals surface area contributed by atoms with E-state index in [1.165, 1.54) is 18.6 Å². The predicted octanol–water partition coefficient (Wildman–Crippen LogP) is 3.76. The number of aliphatic hydroxyl groups excluding tert-OH is 1. The lowest BCUT2D eigenvalue weighted by atomic mass is 9.90. The van der Waals surface area contributed by atoms with Crippen molar-refractivity contribution in [3.05, 3.63) is 47.3 Å². The van der Waals surface area contributed by atoms with E-state index >= 15 is 0 Å². The smallest absolute Gasteiger partial charge is 0.225 e. The average Bonchev–Trinajstić information content (AvgIpc) is 3.57. The van der Waals surface area contributed by atoms with Gasteiger partial charge in [0.15, 0.2) is 0 Å². The van der Waals surface area contributed by atoms with Crippen LogP contribution in [-0.4, -0.2) is 48.5 Å². The van der Waals surface area contributed by atoms with Crippen molar-refractivity contribution in [2.45, 2.75) is 38.7 Å². The molecule has 174 valence electrons. The molecule has 2 atom stereocenters. The Morgan fingerprint density at radius 2 is 1.81 bits per heavy atom. The number of nitrogens with zero attached hydrogens (tertiary/aromatic N) is 3. The van der Waals surface area contributed by atoms with E-state index in [1.54, 1.807) is 7.11 Å². The summed E-state index contributed by atoms with van der Waals surface area (Å²) in [6.45, 7) is 2.62. The first kappa shape index (κ1) is 22.9. The van der Waals surface area contributed by atoms with Crippen molar-refractivity contribution >= 4 is 5.95 Å². The lowest BCUT2D eigenvalue weighted by Crippen LogP contribution is -2.35. The summed E-state index contributed by atoms with van der Waals surface area (Å²) in [5.74, 6) is 1.71. The molecule has 32 heavy (non-hydrogen) atoms. The van der Waals surface area contributed by atoms with Crippen molar-refractivity contribution in [2.24, 2.45) is 17.8 Å². The van der Waals surface area contributed by atoms with Gasteiger partial charge >= 0.3 is 0 Å². The highest BCUT2D eigenvalue weighted by atomic mass is 19.1. The fourth-order valence-corrected chi connectivity index (χ4v) is 4.80. The van der Waals surface area contributed by atoms with Gasteiger partial charge in [0.2, 0.25) is 5.95 Å². The van der Waals surface area contributed by atoms with E-state index in [-0.39, 0.29) is 24.3 Å². The summed E-state index contributed by atoms with van der Waals surface area (Å²) in [5, 5.41) is 8.90. The third kappa shape index (κ3) is 5.53. The maximum Gasteiger partial charge on any atom is 0.225 e. The molecule has 1 aliphatic carbocycles. The quantitative estimate of drug-likeness (QED) is 0.598. The summed E-state index contributed by atoms with van der Waals surface area (Å²) in [5.41, 5.74) is 0.880. The molecule has 0 unspecified atom stereocenters. The predicted molar refractivity (Wildman–Crippen MR) is 117 cm³/mol. The summed E-state index contributed by atoms with van der Waals surface area (Å²) in [4.78, 5) is 11.2. The Labute approximate surface area is 187 Å². The molecule has 1 aromatic carbocycles. The molecule has 2 fully saturated rings. The van der Waals surface area contributed by atoms with Gasteiger partial charge < -0.3 is 19.5 Å². The SMILES string of the molecule is COCc1cnc(N2CCC([C@H]3C[C@@H]3CCOc3cc(F)c(CCO)c(F)c3)CC2)nc1. The first-order valence-electron chi connectivity index (χ1n) is 11.4. The van der Waals surface area contributed by atoms with Gasteiger partial charge in [0.1, 0.15) is 17.4 Å². The largest absolute Gasteiger partial charge is 0.493 e. The van der Waals surface area contributed by atoms with Crippen LogP contribution in [0.4, 0.5) is 14.7 Å². The number of benzene rings is 1. The Hall–Kier alpha value is -2.32. The lowest BCUT2D eigenvalue weighted by molar-refractivity contribution is 0.184. The van der Waals surface area contributed by atoms with Crippen molar-refractivity contribution in [3.8, 4) is 5.75 Å². The van der Waals surface area contributed by atoms with Crippen LogP contribution < -0.4 is 9.64 Å². The molecule has 4 rings (SSSR count). The van der Waals surface area contributed by atoms with E-state index in [0.717, 1.165) is 43.9 Å². The second-order valence-electron chi connectivity index (χ2n) is 8.78. The van der Waals surface area contributed by atoms with Gasteiger partial charge in [0.05, 0.1) is 13.2 Å². The van der Waals surface area contributed by atoms with Gasteiger partial charge in [-0.3, -0.25) is 0 Å². The molecule has 1 N–H and O–H groups in total. The number of halogens is 2. The summed E-state index contributed by atoms with van der Waals surface area (Å²) in [7, 11) is 1.66. The van der Waals surface area contributed by atoms with Crippen molar-refractivity contribution in [1.82, 2.24) is 9.97 Å². The second kappa shape index (κ2) is 10.5. The van der Waals surface area contributed by atoms with Gasteiger partial charge in [-0.15, -0.1) is 0 Å². The standard InChI is InChI=1S/C24H31F2N3O3/c1-31-15-16-13-27-24(28-14-16)29-6-2-17(3-7-29)21-10-18(21)5-9-32-19-11-22(25)20(4-8-30)23(26)12-19/h11-14,17-18,21,30H,2-10,15H2,1H3/t18-,21+/m0/s1. The maximum absolute atomic E-state index is 14.0. The molecule has 0 bridgehead atoms. The molecule has 0 amide bonds. The average molecular weight is 448 g/mol. The van der Waals surface area contributed by atoms with Crippen LogP contribution in [0.3, 0.4) is 0 Å². The van der Waals surface area contributed by atoms with E-state index in [1.807, 2.05) is 12.4 Å². The van der Waals surface area contributed by atoms with E-state index in [0.29, 0.717) is 31.0 Å². The van der Waals surface area contributed by atoms with E-state index in [2.05, 4.69) is 14.9 Å². The Balaban J connectivity index is 1.18. The zero-order valence-electron chi connectivity index (χ0n) is 18.5. The van der Waals surface area contributed by atoms with E-state index in [9.17, 15) is 8.78 Å². The number of piperidine rings is 1. The zero-order chi connectivity index (χ0) is 22.5. The van der Waals surface area contributed by atoms with Crippen LogP contribution in [0.25, 0.3) is 0 Å². The topological polar surface area (TPSA) is 67.7 Å². The summed E-state index contributed by atoms with van der Waals surface area (Å²) < 4.78 is 38.6. The first-order valence-corrected chi connectivity index (χ1v) is 11.4. The number of methoxy groups -OCH3 is 1. The number of hydrogen-bond acceptors (Lipinski definition) is 6. The molecule has 1 saturated carbocycles. The minimum Gasteiger partial charge on any atom is -0.493 e. The number of rotatable bonds is 10. The molecule has 1 saturated heterocycles. The molecular formula is C24H31F2N3O3. The van der Waals surface area contributed by atoms with E-state index < -0.39 is 11.6 Å². The minimum absolute atomic E-state index is 0.0359. The van der Waals surface area contributed by atoms with Crippen molar-refractivity contribution in [3.63, 3.8) is 0 Å². The molecule has 1 aliphatic heterocycles. The highest BCUT2D eigenvalue weighted by Gasteiger charge is 2.43. The van der Waals surface area contributed by atoms with Gasteiger partial charge in [-0.1, -0.05) is 0 Å². The molecule has 2 aromatic rings. The van der Waals surface area contributed by atoms with Crippen LogP contribution in [0.15, 0.2) is 24.5 Å². The van der Waals surface area contributed by atoms with Crippen LogP contribution in [0.1, 0.15) is 36.8 Å². The van der Waals surface area contributed by atoms with Crippen LogP contribution in [-0.2, 0) is 17.8 Å². The molecule has 1 aromatic heterocycles. The van der Waals surface area contributed by atoms with Gasteiger partial charge in [0, 0.05) is 68.9 Å². The maximum atomic E-state index is 14.0. The third-order valence-corrected chi connectivity index (χ3v) is 6.64. The van der Waals surface area contributed by atoms with Crippen LogP contribution in [0.2, 0.25) is 0 Å². The van der Waals surface area contributed by atoms with Gasteiger partial charge in [-0.2, -0.15) is 0 Å². The Bertz CT molecular complexity index is 866. The molecule has 0 radical (unpaired) electrons. The molecule has 8 heteroatoms. The third-order valence-electron chi connectivity index (χ3n) is 6.64. The monoisotopic (exact) mass is 447 g/mol. The Kier molecular flexibility index (Phi) is 7.52. The van der Waals surface area contributed by atoms with Gasteiger partial charge in [-0.05, 0) is 43.4 Å². The van der Waals surface area contributed by atoms with Crippen LogP contribution in [0, 0.1) is 29.4 Å². The Morgan fingerprint density at radius 3 is 2.44 bits per heavy atom.